The molecule has 8 heteroatoms. The summed E-state index contributed by atoms with van der Waals surface area (Å²) in [5.41, 5.74) is -0.619. The van der Waals surface area contributed by atoms with Crippen molar-refractivity contribution in [1.82, 2.24) is 10.2 Å². The quantitative estimate of drug-likeness (QED) is 0.685. The molecule has 0 bridgehead atoms. The van der Waals surface area contributed by atoms with Crippen LogP contribution in [0.4, 0.5) is 23.2 Å². The summed E-state index contributed by atoms with van der Waals surface area (Å²) >= 11 is 0. The van der Waals surface area contributed by atoms with Gasteiger partial charge in [0.25, 0.3) is 5.91 Å². The molecule has 2 N–H and O–H groups in total. The molecule has 0 saturated heterocycles. The molecule has 2 aromatic carbocycles. The summed E-state index contributed by atoms with van der Waals surface area (Å²) in [6.45, 7) is 0. The number of benzene rings is 2. The van der Waals surface area contributed by atoms with Gasteiger partial charge in [-0.2, -0.15) is 18.3 Å². The van der Waals surface area contributed by atoms with Crippen molar-refractivity contribution in [2.45, 2.75) is 6.18 Å². The molecule has 0 unspecified atom stereocenters. The highest BCUT2D eigenvalue weighted by molar-refractivity contribution is 6.08. The van der Waals surface area contributed by atoms with E-state index in [2.05, 4.69) is 15.5 Å². The lowest BCUT2D eigenvalue weighted by Crippen LogP contribution is -2.13. The van der Waals surface area contributed by atoms with Crippen molar-refractivity contribution >= 4 is 11.6 Å². The van der Waals surface area contributed by atoms with Gasteiger partial charge in [-0.25, -0.2) is 4.39 Å². The summed E-state index contributed by atoms with van der Waals surface area (Å²) in [5.74, 6) is -1.26. The predicted molar refractivity (Wildman–Crippen MR) is 83.4 cm³/mol. The standard InChI is InChI=1S/C17H11F4N3O/c18-14-7-2-1-6-12(14)15-13(9-22-24-15)16(25)23-11-5-3-4-10(8-11)17(19,20)21/h1-9H,(H,22,24)(H,23,25). The first-order valence-corrected chi connectivity index (χ1v) is 7.13. The van der Waals surface area contributed by atoms with Crippen molar-refractivity contribution in [2.24, 2.45) is 0 Å². The van der Waals surface area contributed by atoms with Crippen LogP contribution in [-0.2, 0) is 6.18 Å². The number of hydrogen-bond acceptors (Lipinski definition) is 2. The molecule has 0 aliphatic heterocycles. The fourth-order valence-electron chi connectivity index (χ4n) is 2.30. The number of halogens is 4. The number of carbonyl (C=O) groups excluding carboxylic acids is 1. The smallest absolute Gasteiger partial charge is 0.322 e. The number of H-pyrrole nitrogens is 1. The van der Waals surface area contributed by atoms with Crippen LogP contribution < -0.4 is 5.32 Å². The molecule has 0 atom stereocenters. The van der Waals surface area contributed by atoms with Gasteiger partial charge >= 0.3 is 6.18 Å². The molecule has 0 saturated carbocycles. The number of nitrogens with zero attached hydrogens (tertiary/aromatic N) is 1. The molecule has 0 aliphatic carbocycles. The van der Waals surface area contributed by atoms with E-state index in [0.717, 1.165) is 12.1 Å². The van der Waals surface area contributed by atoms with E-state index in [-0.39, 0.29) is 22.5 Å². The van der Waals surface area contributed by atoms with E-state index < -0.39 is 23.5 Å². The van der Waals surface area contributed by atoms with Crippen LogP contribution in [0.3, 0.4) is 0 Å². The third kappa shape index (κ3) is 3.52. The lowest BCUT2D eigenvalue weighted by molar-refractivity contribution is -0.137. The fourth-order valence-corrected chi connectivity index (χ4v) is 2.30. The zero-order valence-electron chi connectivity index (χ0n) is 12.6. The SMILES string of the molecule is O=C(Nc1cccc(C(F)(F)F)c1)c1cn[nH]c1-c1ccccc1F. The van der Waals surface area contributed by atoms with Crippen LogP contribution in [-0.4, -0.2) is 16.1 Å². The topological polar surface area (TPSA) is 57.8 Å². The van der Waals surface area contributed by atoms with Crippen LogP contribution >= 0.6 is 0 Å². The van der Waals surface area contributed by atoms with Crippen LogP contribution in [0, 0.1) is 5.82 Å². The highest BCUT2D eigenvalue weighted by atomic mass is 19.4. The number of aromatic amines is 1. The third-order valence-electron chi connectivity index (χ3n) is 3.47. The Hall–Kier alpha value is -3.16. The maximum absolute atomic E-state index is 13.9. The number of amides is 1. The first-order chi connectivity index (χ1) is 11.9. The lowest BCUT2D eigenvalue weighted by atomic mass is 10.1. The Labute approximate surface area is 139 Å². The second-order valence-electron chi connectivity index (χ2n) is 5.17. The largest absolute Gasteiger partial charge is 0.416 e. The highest BCUT2D eigenvalue weighted by Crippen LogP contribution is 2.31. The van der Waals surface area contributed by atoms with Crippen LogP contribution in [0.15, 0.2) is 54.7 Å². The zero-order valence-corrected chi connectivity index (χ0v) is 12.6. The van der Waals surface area contributed by atoms with Gasteiger partial charge < -0.3 is 5.32 Å². The van der Waals surface area contributed by atoms with Gasteiger partial charge in [-0.05, 0) is 30.3 Å². The average Bonchev–Trinajstić information content (AvgIpc) is 3.04. The molecule has 128 valence electrons. The van der Waals surface area contributed by atoms with Crippen LogP contribution in [0.25, 0.3) is 11.3 Å². The number of rotatable bonds is 3. The van der Waals surface area contributed by atoms with Gasteiger partial charge in [0.2, 0.25) is 0 Å². The summed E-state index contributed by atoms with van der Waals surface area (Å²) < 4.78 is 52.1. The molecule has 4 nitrogen and oxygen atoms in total. The Kier molecular flexibility index (Phi) is 4.26. The summed E-state index contributed by atoms with van der Waals surface area (Å²) in [4.78, 5) is 12.4. The van der Waals surface area contributed by atoms with Crippen molar-refractivity contribution in [3.8, 4) is 11.3 Å². The van der Waals surface area contributed by atoms with Crippen LogP contribution in [0.1, 0.15) is 15.9 Å². The molecule has 1 heterocycles. The Balaban J connectivity index is 1.89. The molecular weight excluding hydrogens is 338 g/mol. The highest BCUT2D eigenvalue weighted by Gasteiger charge is 2.30. The van der Waals surface area contributed by atoms with Crippen molar-refractivity contribution in [3.63, 3.8) is 0 Å². The van der Waals surface area contributed by atoms with E-state index in [1.54, 1.807) is 6.07 Å². The second kappa shape index (κ2) is 6.39. The first kappa shape index (κ1) is 16.7. The van der Waals surface area contributed by atoms with Gasteiger partial charge in [0.05, 0.1) is 23.0 Å². The molecule has 0 fully saturated rings. The number of nitrogens with one attached hydrogen (secondary N) is 2. The number of aromatic nitrogens is 2. The number of alkyl halides is 3. The molecule has 3 aromatic rings. The van der Waals surface area contributed by atoms with Gasteiger partial charge in [0.15, 0.2) is 0 Å². The monoisotopic (exact) mass is 349 g/mol. The summed E-state index contributed by atoms with van der Waals surface area (Å²) in [5, 5.41) is 8.63. The van der Waals surface area contributed by atoms with Gasteiger partial charge in [0, 0.05) is 11.3 Å². The minimum Gasteiger partial charge on any atom is -0.322 e. The normalized spacial score (nSPS) is 11.4. The fraction of sp³-hybridized carbons (Fsp3) is 0.0588. The van der Waals surface area contributed by atoms with Crippen LogP contribution in [0.5, 0.6) is 0 Å². The first-order valence-electron chi connectivity index (χ1n) is 7.13. The third-order valence-corrected chi connectivity index (χ3v) is 3.47. The zero-order chi connectivity index (χ0) is 18.0. The van der Waals surface area contributed by atoms with Crippen molar-refractivity contribution in [1.29, 1.82) is 0 Å². The summed E-state index contributed by atoms with van der Waals surface area (Å²) in [6, 6.07) is 10.0. The van der Waals surface area contributed by atoms with Gasteiger partial charge in [-0.3, -0.25) is 9.89 Å². The maximum Gasteiger partial charge on any atom is 0.416 e. The number of hydrogen-bond donors (Lipinski definition) is 2. The number of anilines is 1. The van der Waals surface area contributed by atoms with Crippen LogP contribution in [0.2, 0.25) is 0 Å². The molecule has 1 aromatic heterocycles. The van der Waals surface area contributed by atoms with Crippen molar-refractivity contribution < 1.29 is 22.4 Å². The van der Waals surface area contributed by atoms with E-state index in [1.165, 1.54) is 36.5 Å². The minimum atomic E-state index is -4.52. The average molecular weight is 349 g/mol. The molecule has 0 spiro atoms. The van der Waals surface area contributed by atoms with Crippen molar-refractivity contribution in [2.75, 3.05) is 5.32 Å². The lowest BCUT2D eigenvalue weighted by Gasteiger charge is -2.10. The number of carbonyl (C=O) groups is 1. The molecule has 3 rings (SSSR count). The molecule has 1 amide bonds. The summed E-state index contributed by atoms with van der Waals surface area (Å²) in [6.07, 6.45) is -3.33. The molecule has 0 radical (unpaired) electrons. The van der Waals surface area contributed by atoms with E-state index in [9.17, 15) is 22.4 Å². The van der Waals surface area contributed by atoms with Gasteiger partial charge in [-0.1, -0.05) is 18.2 Å². The molecular formula is C17H11F4N3O. The van der Waals surface area contributed by atoms with Crippen molar-refractivity contribution in [3.05, 3.63) is 71.7 Å². The Morgan fingerprint density at radius 2 is 1.84 bits per heavy atom. The van der Waals surface area contributed by atoms with E-state index in [4.69, 9.17) is 0 Å². The van der Waals surface area contributed by atoms with E-state index >= 15 is 0 Å². The summed E-state index contributed by atoms with van der Waals surface area (Å²) in [7, 11) is 0. The van der Waals surface area contributed by atoms with E-state index in [0.29, 0.717) is 0 Å². The minimum absolute atomic E-state index is 0.0162. The molecule has 0 aliphatic rings. The van der Waals surface area contributed by atoms with Gasteiger partial charge in [0.1, 0.15) is 5.82 Å². The maximum atomic E-state index is 13.9. The second-order valence-corrected chi connectivity index (χ2v) is 5.17. The predicted octanol–water partition coefficient (Wildman–Crippen LogP) is 4.49. The molecule has 25 heavy (non-hydrogen) atoms. The van der Waals surface area contributed by atoms with Gasteiger partial charge in [-0.15, -0.1) is 0 Å². The Morgan fingerprint density at radius 3 is 2.56 bits per heavy atom. The Morgan fingerprint density at radius 1 is 1.08 bits per heavy atom. The Bertz CT molecular complexity index is 918. The van der Waals surface area contributed by atoms with E-state index in [1.807, 2.05) is 0 Å².